The highest BCUT2D eigenvalue weighted by Gasteiger charge is 2.28. The Labute approximate surface area is 84.0 Å². The highest BCUT2D eigenvalue weighted by atomic mass is 16.2. The van der Waals surface area contributed by atoms with Crippen molar-refractivity contribution in [3.8, 4) is 0 Å². The van der Waals surface area contributed by atoms with Crippen LogP contribution in [-0.2, 0) is 0 Å². The molecule has 3 rings (SSSR count). The summed E-state index contributed by atoms with van der Waals surface area (Å²) in [7, 11) is 0. The second-order valence-corrected chi connectivity index (χ2v) is 3.88. The van der Waals surface area contributed by atoms with Gasteiger partial charge in [0.2, 0.25) is 0 Å². The number of H-pyrrole nitrogens is 2. The zero-order valence-electron chi connectivity index (χ0n) is 8.20. The van der Waals surface area contributed by atoms with Crippen molar-refractivity contribution in [3.63, 3.8) is 0 Å². The van der Waals surface area contributed by atoms with Crippen molar-refractivity contribution in [3.05, 3.63) is 26.7 Å². The molecule has 0 aliphatic heterocycles. The molecule has 1 saturated carbocycles. The Morgan fingerprint density at radius 1 is 1.33 bits per heavy atom. The number of hydrogen-bond donors (Lipinski definition) is 2. The molecule has 78 valence electrons. The third kappa shape index (κ3) is 1.14. The summed E-state index contributed by atoms with van der Waals surface area (Å²) in [4.78, 5) is 32.4. The lowest BCUT2D eigenvalue weighted by Gasteiger charge is -2.01. The van der Waals surface area contributed by atoms with Crippen LogP contribution in [0.5, 0.6) is 0 Å². The van der Waals surface area contributed by atoms with E-state index in [-0.39, 0.29) is 11.7 Å². The molecule has 2 aromatic rings. The van der Waals surface area contributed by atoms with E-state index in [9.17, 15) is 9.59 Å². The van der Waals surface area contributed by atoms with Crippen LogP contribution in [0.4, 0.5) is 0 Å². The van der Waals surface area contributed by atoms with Crippen LogP contribution in [0.2, 0.25) is 0 Å². The van der Waals surface area contributed by atoms with Gasteiger partial charge in [0.15, 0.2) is 5.65 Å². The Balaban J connectivity index is 2.51. The lowest BCUT2D eigenvalue weighted by molar-refractivity contribution is 0.701. The fourth-order valence-corrected chi connectivity index (χ4v) is 1.80. The van der Waals surface area contributed by atoms with Crippen molar-refractivity contribution in [2.45, 2.75) is 25.8 Å². The van der Waals surface area contributed by atoms with Crippen LogP contribution in [0.3, 0.4) is 0 Å². The van der Waals surface area contributed by atoms with Crippen LogP contribution >= 0.6 is 0 Å². The minimum absolute atomic E-state index is 0.208. The number of hydrogen-bond acceptors (Lipinski definition) is 3. The summed E-state index contributed by atoms with van der Waals surface area (Å²) < 4.78 is 1.57. The Kier molecular flexibility index (Phi) is 1.46. The van der Waals surface area contributed by atoms with E-state index < -0.39 is 5.56 Å². The molecule has 1 aliphatic rings. The van der Waals surface area contributed by atoms with Crippen LogP contribution in [0.1, 0.15) is 24.7 Å². The predicted molar refractivity (Wildman–Crippen MR) is 54.0 cm³/mol. The lowest BCUT2D eigenvalue weighted by Crippen LogP contribution is -2.29. The number of aromatic nitrogens is 4. The number of aryl methyl sites for hydroxylation is 1. The average molecular weight is 206 g/mol. The Bertz CT molecular complexity index is 644. The summed E-state index contributed by atoms with van der Waals surface area (Å²) in [6.45, 7) is 1.77. The number of rotatable bonds is 1. The maximum atomic E-state index is 11.6. The lowest BCUT2D eigenvalue weighted by atomic mass is 10.5. The fraction of sp³-hybridized carbons (Fsp3) is 0.444. The van der Waals surface area contributed by atoms with Gasteiger partial charge in [-0.25, -0.2) is 9.78 Å². The fourth-order valence-electron chi connectivity index (χ4n) is 1.80. The molecule has 2 heterocycles. The molecular weight excluding hydrogens is 196 g/mol. The Morgan fingerprint density at radius 3 is 2.73 bits per heavy atom. The maximum Gasteiger partial charge on any atom is 0.330 e. The van der Waals surface area contributed by atoms with Crippen LogP contribution in [-0.4, -0.2) is 19.5 Å². The summed E-state index contributed by atoms with van der Waals surface area (Å²) in [5, 5.41) is 0. The number of imidazole rings is 1. The van der Waals surface area contributed by atoms with Gasteiger partial charge in [0.1, 0.15) is 11.3 Å². The molecule has 2 N–H and O–H groups in total. The Morgan fingerprint density at radius 2 is 2.07 bits per heavy atom. The average Bonchev–Trinajstić information content (AvgIpc) is 2.89. The van der Waals surface area contributed by atoms with Gasteiger partial charge < -0.3 is 4.98 Å². The molecule has 6 heteroatoms. The molecular formula is C9H10N4O2. The first-order chi connectivity index (χ1) is 7.16. The number of fused-ring (bicyclic) bond motifs is 1. The van der Waals surface area contributed by atoms with Gasteiger partial charge in [-0.2, -0.15) is 0 Å². The van der Waals surface area contributed by atoms with Gasteiger partial charge >= 0.3 is 5.69 Å². The van der Waals surface area contributed by atoms with E-state index in [0.29, 0.717) is 17.0 Å². The molecule has 1 fully saturated rings. The first-order valence-corrected chi connectivity index (χ1v) is 4.88. The van der Waals surface area contributed by atoms with Gasteiger partial charge in [0.05, 0.1) is 0 Å². The first-order valence-electron chi connectivity index (χ1n) is 4.88. The van der Waals surface area contributed by atoms with E-state index in [1.807, 2.05) is 0 Å². The quantitative estimate of drug-likeness (QED) is 0.691. The monoisotopic (exact) mass is 206 g/mol. The third-order valence-corrected chi connectivity index (χ3v) is 2.61. The topological polar surface area (TPSA) is 83.5 Å². The molecule has 0 spiro atoms. The highest BCUT2D eigenvalue weighted by molar-refractivity contribution is 5.69. The highest BCUT2D eigenvalue weighted by Crippen LogP contribution is 2.34. The molecule has 0 saturated heterocycles. The SMILES string of the molecule is Cc1nc2c([nH]1)c(=O)[nH]c(=O)n2C1CC1. The summed E-state index contributed by atoms with van der Waals surface area (Å²) in [6, 6.07) is 0.208. The van der Waals surface area contributed by atoms with E-state index >= 15 is 0 Å². The number of nitrogens with zero attached hydrogens (tertiary/aromatic N) is 2. The minimum Gasteiger partial charge on any atom is -0.336 e. The van der Waals surface area contributed by atoms with Gasteiger partial charge in [0, 0.05) is 6.04 Å². The second kappa shape index (κ2) is 2.59. The molecule has 0 bridgehead atoms. The van der Waals surface area contributed by atoms with E-state index in [1.54, 1.807) is 11.5 Å². The maximum absolute atomic E-state index is 11.6. The zero-order valence-corrected chi connectivity index (χ0v) is 8.20. The third-order valence-electron chi connectivity index (χ3n) is 2.61. The minimum atomic E-state index is -0.396. The van der Waals surface area contributed by atoms with Gasteiger partial charge in [-0.15, -0.1) is 0 Å². The van der Waals surface area contributed by atoms with Crippen LogP contribution < -0.4 is 11.2 Å². The van der Waals surface area contributed by atoms with Crippen LogP contribution in [0.25, 0.3) is 11.2 Å². The van der Waals surface area contributed by atoms with E-state index in [0.717, 1.165) is 12.8 Å². The standard InChI is InChI=1S/C9H10N4O2/c1-4-10-6-7(11-4)13(5-2-3-5)9(15)12-8(6)14/h5H,2-3H2,1H3,(H,10,11)(H,12,14,15). The van der Waals surface area contributed by atoms with Crippen molar-refractivity contribution < 1.29 is 0 Å². The molecule has 6 nitrogen and oxygen atoms in total. The van der Waals surface area contributed by atoms with E-state index in [1.165, 1.54) is 0 Å². The largest absolute Gasteiger partial charge is 0.336 e. The van der Waals surface area contributed by atoms with E-state index in [4.69, 9.17) is 0 Å². The molecule has 15 heavy (non-hydrogen) atoms. The van der Waals surface area contributed by atoms with Crippen molar-refractivity contribution in [2.24, 2.45) is 0 Å². The van der Waals surface area contributed by atoms with Crippen LogP contribution in [0, 0.1) is 6.92 Å². The van der Waals surface area contributed by atoms with Gasteiger partial charge in [0.25, 0.3) is 5.56 Å². The first kappa shape index (κ1) is 8.46. The van der Waals surface area contributed by atoms with Gasteiger partial charge in [-0.3, -0.25) is 14.3 Å². The molecule has 0 atom stereocenters. The summed E-state index contributed by atoms with van der Waals surface area (Å²) in [5.74, 6) is 0.649. The molecule has 0 aromatic carbocycles. The van der Waals surface area contributed by atoms with Gasteiger partial charge in [-0.05, 0) is 19.8 Å². The van der Waals surface area contributed by atoms with Crippen molar-refractivity contribution in [1.29, 1.82) is 0 Å². The summed E-state index contributed by atoms with van der Waals surface area (Å²) in [5.41, 5.74) is 0.108. The van der Waals surface area contributed by atoms with Crippen molar-refractivity contribution in [1.82, 2.24) is 19.5 Å². The smallest absolute Gasteiger partial charge is 0.330 e. The Hall–Kier alpha value is -1.85. The normalized spacial score (nSPS) is 16.1. The zero-order chi connectivity index (χ0) is 10.6. The predicted octanol–water partition coefficient (Wildman–Crippen LogP) is 0.0562. The summed E-state index contributed by atoms with van der Waals surface area (Å²) >= 11 is 0. The second-order valence-electron chi connectivity index (χ2n) is 3.88. The summed E-state index contributed by atoms with van der Waals surface area (Å²) in [6.07, 6.45) is 1.96. The molecule has 0 unspecified atom stereocenters. The molecule has 2 aromatic heterocycles. The van der Waals surface area contributed by atoms with Crippen molar-refractivity contribution in [2.75, 3.05) is 0 Å². The van der Waals surface area contributed by atoms with E-state index in [2.05, 4.69) is 15.0 Å². The van der Waals surface area contributed by atoms with Crippen molar-refractivity contribution >= 4 is 11.2 Å². The number of nitrogens with one attached hydrogen (secondary N) is 2. The number of aromatic amines is 2. The van der Waals surface area contributed by atoms with Crippen LogP contribution in [0.15, 0.2) is 9.59 Å². The van der Waals surface area contributed by atoms with Gasteiger partial charge in [-0.1, -0.05) is 0 Å². The molecule has 0 amide bonds. The molecule has 0 radical (unpaired) electrons. The molecule has 1 aliphatic carbocycles.